The lowest BCUT2D eigenvalue weighted by Crippen LogP contribution is -2.23. The van der Waals surface area contributed by atoms with Gasteiger partial charge in [-0.1, -0.05) is 45.8 Å². The standard InChI is InChI=1S/C18H21BrFN/c1-11-5-7-16(12(2)9-11)13(3)21-14(4)17-8-6-15(20)10-18(17)19/h5-10,13-14,21H,1-4H3. The predicted octanol–water partition coefficient (Wildman–Crippen LogP) is 5.62. The number of halogens is 2. The molecular formula is C18H21BrFN. The second-order valence-electron chi connectivity index (χ2n) is 5.64. The zero-order chi connectivity index (χ0) is 15.6. The minimum absolute atomic E-state index is 0.135. The molecule has 2 rings (SSSR count). The van der Waals surface area contributed by atoms with Crippen molar-refractivity contribution in [3.8, 4) is 0 Å². The Labute approximate surface area is 134 Å². The molecule has 0 aliphatic heterocycles. The molecule has 0 aliphatic rings. The molecule has 0 saturated heterocycles. The van der Waals surface area contributed by atoms with Crippen molar-refractivity contribution in [2.45, 2.75) is 39.8 Å². The highest BCUT2D eigenvalue weighted by atomic mass is 79.9. The van der Waals surface area contributed by atoms with E-state index in [0.717, 1.165) is 10.0 Å². The van der Waals surface area contributed by atoms with E-state index in [-0.39, 0.29) is 17.9 Å². The molecular weight excluding hydrogens is 329 g/mol. The first kappa shape index (κ1) is 16.2. The largest absolute Gasteiger partial charge is 0.304 e. The molecule has 0 bridgehead atoms. The molecule has 0 fully saturated rings. The zero-order valence-corrected chi connectivity index (χ0v) is 14.5. The molecule has 2 atom stereocenters. The second-order valence-corrected chi connectivity index (χ2v) is 6.49. The van der Waals surface area contributed by atoms with Crippen LogP contribution in [0.5, 0.6) is 0 Å². The monoisotopic (exact) mass is 349 g/mol. The Morgan fingerprint density at radius 1 is 0.952 bits per heavy atom. The van der Waals surface area contributed by atoms with E-state index in [4.69, 9.17) is 0 Å². The smallest absolute Gasteiger partial charge is 0.124 e. The zero-order valence-electron chi connectivity index (χ0n) is 12.9. The molecule has 1 N–H and O–H groups in total. The minimum atomic E-state index is -0.222. The molecule has 2 aromatic rings. The molecule has 0 amide bonds. The van der Waals surface area contributed by atoms with Crippen molar-refractivity contribution in [2.75, 3.05) is 0 Å². The molecule has 2 unspecified atom stereocenters. The van der Waals surface area contributed by atoms with Gasteiger partial charge in [-0.25, -0.2) is 4.39 Å². The fraction of sp³-hybridized carbons (Fsp3) is 0.333. The Hall–Kier alpha value is -1.19. The normalized spacial score (nSPS) is 14.0. The summed E-state index contributed by atoms with van der Waals surface area (Å²) in [4.78, 5) is 0. The van der Waals surface area contributed by atoms with Gasteiger partial charge in [0.15, 0.2) is 0 Å². The molecule has 21 heavy (non-hydrogen) atoms. The van der Waals surface area contributed by atoms with Crippen molar-refractivity contribution in [3.05, 3.63) is 68.9 Å². The number of hydrogen-bond acceptors (Lipinski definition) is 1. The van der Waals surface area contributed by atoms with Crippen LogP contribution in [0.3, 0.4) is 0 Å². The van der Waals surface area contributed by atoms with Gasteiger partial charge in [0.05, 0.1) is 0 Å². The Kier molecular flexibility index (Phi) is 5.17. The van der Waals surface area contributed by atoms with Crippen LogP contribution >= 0.6 is 15.9 Å². The molecule has 2 aromatic carbocycles. The lowest BCUT2D eigenvalue weighted by molar-refractivity contribution is 0.491. The highest BCUT2D eigenvalue weighted by Crippen LogP contribution is 2.27. The lowest BCUT2D eigenvalue weighted by atomic mass is 9.99. The van der Waals surface area contributed by atoms with Crippen LogP contribution in [0.1, 0.15) is 48.2 Å². The summed E-state index contributed by atoms with van der Waals surface area (Å²) in [7, 11) is 0. The number of nitrogens with one attached hydrogen (secondary N) is 1. The maximum absolute atomic E-state index is 13.2. The highest BCUT2D eigenvalue weighted by molar-refractivity contribution is 9.10. The van der Waals surface area contributed by atoms with Crippen LogP contribution < -0.4 is 5.32 Å². The van der Waals surface area contributed by atoms with Gasteiger partial charge in [-0.3, -0.25) is 0 Å². The van der Waals surface area contributed by atoms with Crippen LogP contribution in [-0.4, -0.2) is 0 Å². The predicted molar refractivity (Wildman–Crippen MR) is 90.0 cm³/mol. The maximum atomic E-state index is 13.2. The first-order valence-corrected chi connectivity index (χ1v) is 7.96. The highest BCUT2D eigenvalue weighted by Gasteiger charge is 2.15. The summed E-state index contributed by atoms with van der Waals surface area (Å²) in [5, 5.41) is 3.58. The van der Waals surface area contributed by atoms with Gasteiger partial charge < -0.3 is 5.32 Å². The van der Waals surface area contributed by atoms with Crippen LogP contribution in [0.15, 0.2) is 40.9 Å². The minimum Gasteiger partial charge on any atom is -0.304 e. The topological polar surface area (TPSA) is 12.0 Å². The third-order valence-electron chi connectivity index (χ3n) is 3.82. The molecule has 0 aliphatic carbocycles. The quantitative estimate of drug-likeness (QED) is 0.755. The average molecular weight is 350 g/mol. The summed E-state index contributed by atoms with van der Waals surface area (Å²) in [5.74, 6) is -0.222. The van der Waals surface area contributed by atoms with Crippen molar-refractivity contribution in [1.82, 2.24) is 5.32 Å². The maximum Gasteiger partial charge on any atom is 0.124 e. The summed E-state index contributed by atoms with van der Waals surface area (Å²) in [5.41, 5.74) is 4.93. The van der Waals surface area contributed by atoms with Crippen molar-refractivity contribution in [3.63, 3.8) is 0 Å². The van der Waals surface area contributed by atoms with E-state index in [0.29, 0.717) is 0 Å². The van der Waals surface area contributed by atoms with Crippen LogP contribution in [0.4, 0.5) is 4.39 Å². The number of hydrogen-bond donors (Lipinski definition) is 1. The average Bonchev–Trinajstić information content (AvgIpc) is 2.37. The third-order valence-corrected chi connectivity index (χ3v) is 4.51. The summed E-state index contributed by atoms with van der Waals surface area (Å²) < 4.78 is 14.0. The molecule has 1 nitrogen and oxygen atoms in total. The Bertz CT molecular complexity index is 584. The molecule has 0 radical (unpaired) electrons. The fourth-order valence-corrected chi connectivity index (χ4v) is 3.41. The molecule has 0 aromatic heterocycles. The van der Waals surface area contributed by atoms with E-state index < -0.39 is 0 Å². The third kappa shape index (κ3) is 3.92. The first-order chi connectivity index (χ1) is 9.88. The van der Waals surface area contributed by atoms with Crippen LogP contribution in [0.2, 0.25) is 0 Å². The summed E-state index contributed by atoms with van der Waals surface area (Å²) in [6.07, 6.45) is 0. The summed E-state index contributed by atoms with van der Waals surface area (Å²) in [6, 6.07) is 11.7. The number of aryl methyl sites for hydroxylation is 2. The number of rotatable bonds is 4. The Balaban J connectivity index is 2.16. The van der Waals surface area contributed by atoms with Crippen molar-refractivity contribution < 1.29 is 4.39 Å². The van der Waals surface area contributed by atoms with Gasteiger partial charge in [0.25, 0.3) is 0 Å². The van der Waals surface area contributed by atoms with E-state index in [1.54, 1.807) is 0 Å². The van der Waals surface area contributed by atoms with E-state index in [1.807, 2.05) is 6.07 Å². The first-order valence-electron chi connectivity index (χ1n) is 7.16. The fourth-order valence-electron chi connectivity index (χ4n) is 2.72. The van der Waals surface area contributed by atoms with E-state index in [9.17, 15) is 4.39 Å². The molecule has 112 valence electrons. The van der Waals surface area contributed by atoms with Gasteiger partial charge in [0.2, 0.25) is 0 Å². The molecule has 0 spiro atoms. The Morgan fingerprint density at radius 2 is 1.57 bits per heavy atom. The summed E-state index contributed by atoms with van der Waals surface area (Å²) in [6.45, 7) is 8.50. The second kappa shape index (κ2) is 6.71. The van der Waals surface area contributed by atoms with E-state index in [2.05, 4.69) is 67.1 Å². The molecule has 0 saturated carbocycles. The summed E-state index contributed by atoms with van der Waals surface area (Å²) >= 11 is 3.44. The van der Waals surface area contributed by atoms with Gasteiger partial charge in [-0.05, 0) is 56.5 Å². The van der Waals surface area contributed by atoms with Crippen LogP contribution in [0.25, 0.3) is 0 Å². The van der Waals surface area contributed by atoms with E-state index >= 15 is 0 Å². The lowest BCUT2D eigenvalue weighted by Gasteiger charge is -2.23. The van der Waals surface area contributed by atoms with Crippen LogP contribution in [0, 0.1) is 19.7 Å². The van der Waals surface area contributed by atoms with Crippen LogP contribution in [-0.2, 0) is 0 Å². The Morgan fingerprint density at radius 3 is 2.19 bits per heavy atom. The van der Waals surface area contributed by atoms with Crippen molar-refractivity contribution in [2.24, 2.45) is 0 Å². The molecule has 3 heteroatoms. The van der Waals surface area contributed by atoms with Gasteiger partial charge in [0.1, 0.15) is 5.82 Å². The van der Waals surface area contributed by atoms with Gasteiger partial charge in [-0.15, -0.1) is 0 Å². The number of benzene rings is 2. The van der Waals surface area contributed by atoms with Crippen molar-refractivity contribution in [1.29, 1.82) is 0 Å². The van der Waals surface area contributed by atoms with E-state index in [1.165, 1.54) is 28.8 Å². The SMILES string of the molecule is Cc1ccc(C(C)NC(C)c2ccc(F)cc2Br)c(C)c1. The van der Waals surface area contributed by atoms with Gasteiger partial charge in [-0.2, -0.15) is 0 Å². The van der Waals surface area contributed by atoms with Gasteiger partial charge in [0, 0.05) is 16.6 Å². The van der Waals surface area contributed by atoms with Crippen molar-refractivity contribution >= 4 is 15.9 Å². The molecule has 0 heterocycles. The van der Waals surface area contributed by atoms with Gasteiger partial charge >= 0.3 is 0 Å².